The number of aliphatic hydroxyl groups is 2. The van der Waals surface area contributed by atoms with Crippen LogP contribution in [0, 0.1) is 13.8 Å². The first-order valence-corrected chi connectivity index (χ1v) is 11.7. The minimum absolute atomic E-state index is 0.00111. The van der Waals surface area contributed by atoms with Gasteiger partial charge in [-0.3, -0.25) is 4.79 Å². The number of nitrogens with zero attached hydrogens (tertiary/aromatic N) is 2. The molecule has 1 aromatic heterocycles. The molecule has 1 amide bonds. The molecule has 0 saturated carbocycles. The maximum atomic E-state index is 11.1. The highest BCUT2D eigenvalue weighted by Crippen LogP contribution is 2.32. The van der Waals surface area contributed by atoms with Crippen molar-refractivity contribution >= 4 is 5.91 Å². The third kappa shape index (κ3) is 6.80. The summed E-state index contributed by atoms with van der Waals surface area (Å²) >= 11 is 0. The van der Waals surface area contributed by atoms with Crippen LogP contribution < -0.4 is 14.8 Å². The Morgan fingerprint density at radius 2 is 1.89 bits per heavy atom. The number of carbonyl (C=O) groups excluding carboxylic acids is 1. The van der Waals surface area contributed by atoms with Crippen molar-refractivity contribution in [3.8, 4) is 34.3 Å². The summed E-state index contributed by atoms with van der Waals surface area (Å²) < 4.78 is 17.2. The summed E-state index contributed by atoms with van der Waals surface area (Å²) in [4.78, 5) is 15.7. The lowest BCUT2D eigenvalue weighted by molar-refractivity contribution is -0.124. The Bertz CT molecular complexity index is 1160. The van der Waals surface area contributed by atoms with Gasteiger partial charge in [-0.2, -0.15) is 4.98 Å². The van der Waals surface area contributed by atoms with Gasteiger partial charge in [-0.1, -0.05) is 12.1 Å². The highest BCUT2D eigenvalue weighted by molar-refractivity contribution is 5.76. The van der Waals surface area contributed by atoms with E-state index in [2.05, 4.69) is 15.5 Å². The van der Waals surface area contributed by atoms with Crippen molar-refractivity contribution in [1.82, 2.24) is 15.5 Å². The molecule has 0 radical (unpaired) electrons. The summed E-state index contributed by atoms with van der Waals surface area (Å²) in [5.74, 6) is 1.83. The van der Waals surface area contributed by atoms with Crippen molar-refractivity contribution < 1.29 is 29.0 Å². The summed E-state index contributed by atoms with van der Waals surface area (Å²) in [5, 5.41) is 25.4. The van der Waals surface area contributed by atoms with Crippen LogP contribution in [-0.4, -0.2) is 58.2 Å². The minimum Gasteiger partial charge on any atom is -0.491 e. The van der Waals surface area contributed by atoms with Gasteiger partial charge in [-0.25, -0.2) is 0 Å². The number of nitrogens with one attached hydrogen (secondary N) is 1. The molecule has 3 N–H and O–H groups in total. The number of aromatic nitrogens is 2. The number of hydrogen-bond donors (Lipinski definition) is 3. The fourth-order valence-corrected chi connectivity index (χ4v) is 3.60. The normalized spacial score (nSPS) is 12.0. The monoisotopic (exact) mass is 483 g/mol. The molecule has 1 atom stereocenters. The van der Waals surface area contributed by atoms with Crippen LogP contribution >= 0.6 is 0 Å². The standard InChI is InChI=1S/C26H33N3O6/c1-6-18-11-20(10-17(5)24(18)33-14-21(31)12-27-23(32)13-30)25-28-26(35-29-25)19-7-8-22(16(4)9-19)34-15(2)3/h7-11,15,21,30-31H,6,12-14H2,1-5H3,(H,27,32). The Kier molecular flexibility index (Phi) is 8.84. The number of ether oxygens (including phenoxy) is 2. The molecule has 2 aromatic carbocycles. The van der Waals surface area contributed by atoms with Gasteiger partial charge in [0.05, 0.1) is 6.10 Å². The lowest BCUT2D eigenvalue weighted by Crippen LogP contribution is -2.36. The highest BCUT2D eigenvalue weighted by atomic mass is 16.5. The fraction of sp³-hybridized carbons (Fsp3) is 0.423. The van der Waals surface area contributed by atoms with E-state index >= 15 is 0 Å². The van der Waals surface area contributed by atoms with Gasteiger partial charge in [-0.05, 0) is 81.1 Å². The van der Waals surface area contributed by atoms with Crippen LogP contribution in [-0.2, 0) is 11.2 Å². The molecule has 3 rings (SSSR count). The molecule has 0 aliphatic heterocycles. The van der Waals surface area contributed by atoms with Crippen LogP contribution in [0.25, 0.3) is 22.8 Å². The molecule has 9 heteroatoms. The maximum Gasteiger partial charge on any atom is 0.258 e. The number of aryl methyl sites for hydroxylation is 3. The maximum absolute atomic E-state index is 11.1. The Hall–Kier alpha value is -3.43. The van der Waals surface area contributed by atoms with Crippen molar-refractivity contribution in [2.75, 3.05) is 19.8 Å². The first-order chi connectivity index (χ1) is 16.7. The molecule has 9 nitrogen and oxygen atoms in total. The largest absolute Gasteiger partial charge is 0.491 e. The van der Waals surface area contributed by atoms with Crippen molar-refractivity contribution in [3.63, 3.8) is 0 Å². The average molecular weight is 484 g/mol. The van der Waals surface area contributed by atoms with E-state index in [1.54, 1.807) is 0 Å². The first-order valence-electron chi connectivity index (χ1n) is 11.7. The fourth-order valence-electron chi connectivity index (χ4n) is 3.60. The second-order valence-corrected chi connectivity index (χ2v) is 8.63. The zero-order chi connectivity index (χ0) is 25.5. The highest BCUT2D eigenvalue weighted by Gasteiger charge is 2.17. The van der Waals surface area contributed by atoms with Gasteiger partial charge in [0.25, 0.3) is 5.89 Å². The van der Waals surface area contributed by atoms with Crippen LogP contribution in [0.15, 0.2) is 34.9 Å². The molecular weight excluding hydrogens is 450 g/mol. The number of aliphatic hydroxyl groups excluding tert-OH is 2. The van der Waals surface area contributed by atoms with Crippen molar-refractivity contribution in [1.29, 1.82) is 0 Å². The predicted molar refractivity (Wildman–Crippen MR) is 131 cm³/mol. The molecule has 0 spiro atoms. The molecular formula is C26H33N3O6. The Balaban J connectivity index is 1.76. The van der Waals surface area contributed by atoms with Gasteiger partial charge in [-0.15, -0.1) is 0 Å². The van der Waals surface area contributed by atoms with Crippen molar-refractivity contribution in [3.05, 3.63) is 47.0 Å². The van der Waals surface area contributed by atoms with Crippen LogP contribution in [0.5, 0.6) is 11.5 Å². The van der Waals surface area contributed by atoms with Crippen LogP contribution in [0.1, 0.15) is 37.5 Å². The van der Waals surface area contributed by atoms with E-state index in [9.17, 15) is 9.90 Å². The van der Waals surface area contributed by atoms with Gasteiger partial charge in [0.2, 0.25) is 11.7 Å². The molecule has 0 bridgehead atoms. The number of benzene rings is 2. The lowest BCUT2D eigenvalue weighted by Gasteiger charge is -2.17. The van der Waals surface area contributed by atoms with Gasteiger partial charge < -0.3 is 29.5 Å². The Labute approximate surface area is 205 Å². The molecule has 188 valence electrons. The molecule has 1 heterocycles. The summed E-state index contributed by atoms with van der Waals surface area (Å²) in [6, 6.07) is 9.62. The van der Waals surface area contributed by atoms with Crippen LogP contribution in [0.3, 0.4) is 0 Å². The molecule has 0 fully saturated rings. The summed E-state index contributed by atoms with van der Waals surface area (Å²) in [7, 11) is 0. The number of amides is 1. The van der Waals surface area contributed by atoms with Crippen molar-refractivity contribution in [2.24, 2.45) is 0 Å². The smallest absolute Gasteiger partial charge is 0.258 e. The zero-order valence-corrected chi connectivity index (χ0v) is 20.8. The molecule has 3 aromatic rings. The number of rotatable bonds is 11. The van der Waals surface area contributed by atoms with E-state index in [0.29, 0.717) is 23.9 Å². The number of hydrogen-bond acceptors (Lipinski definition) is 8. The Morgan fingerprint density at radius 3 is 2.54 bits per heavy atom. The first kappa shape index (κ1) is 26.2. The van der Waals surface area contributed by atoms with E-state index in [0.717, 1.165) is 33.6 Å². The van der Waals surface area contributed by atoms with Gasteiger partial charge >= 0.3 is 0 Å². The quantitative estimate of drug-likeness (QED) is 0.379. The molecule has 0 saturated heterocycles. The predicted octanol–water partition coefficient (Wildman–Crippen LogP) is 3.22. The lowest BCUT2D eigenvalue weighted by atomic mass is 10.0. The topological polar surface area (TPSA) is 127 Å². The van der Waals surface area contributed by atoms with E-state index in [1.165, 1.54) is 0 Å². The molecule has 35 heavy (non-hydrogen) atoms. The zero-order valence-electron chi connectivity index (χ0n) is 20.8. The molecule has 1 unspecified atom stereocenters. The van der Waals surface area contributed by atoms with E-state index in [-0.39, 0.29) is 19.3 Å². The third-order valence-electron chi connectivity index (χ3n) is 5.30. The van der Waals surface area contributed by atoms with Gasteiger partial charge in [0.15, 0.2) is 0 Å². The summed E-state index contributed by atoms with van der Waals surface area (Å²) in [6.07, 6.45) is -0.120. The van der Waals surface area contributed by atoms with E-state index in [4.69, 9.17) is 19.1 Å². The molecule has 0 aliphatic rings. The summed E-state index contributed by atoms with van der Waals surface area (Å²) in [5.41, 5.74) is 4.40. The molecule has 0 aliphatic carbocycles. The van der Waals surface area contributed by atoms with Gasteiger partial charge in [0.1, 0.15) is 30.8 Å². The minimum atomic E-state index is -0.908. The second-order valence-electron chi connectivity index (χ2n) is 8.63. The second kappa shape index (κ2) is 11.8. The SMILES string of the molecule is CCc1cc(-c2noc(-c3ccc(OC(C)C)c(C)c3)n2)cc(C)c1OCC(O)CNC(=O)CO. The van der Waals surface area contributed by atoms with Crippen LogP contribution in [0.4, 0.5) is 0 Å². The van der Waals surface area contributed by atoms with E-state index < -0.39 is 18.6 Å². The third-order valence-corrected chi connectivity index (χ3v) is 5.30. The van der Waals surface area contributed by atoms with Crippen LogP contribution in [0.2, 0.25) is 0 Å². The Morgan fingerprint density at radius 1 is 1.14 bits per heavy atom. The van der Waals surface area contributed by atoms with E-state index in [1.807, 2.05) is 65.0 Å². The van der Waals surface area contributed by atoms with Gasteiger partial charge in [0, 0.05) is 17.7 Å². The number of carbonyl (C=O) groups is 1. The summed E-state index contributed by atoms with van der Waals surface area (Å²) in [6.45, 7) is 9.25. The average Bonchev–Trinajstić information content (AvgIpc) is 3.32. The van der Waals surface area contributed by atoms with Crippen molar-refractivity contribution in [2.45, 2.75) is 53.2 Å².